The molecule has 0 fully saturated rings. The molecule has 0 spiro atoms. The minimum absolute atomic E-state index is 0.116. The standard InChI is InChI=1S/C14H22N2O2/c1-14(2,3)13(17)16(9-10-18-4)11-12-7-5-6-8-15-12/h5-8H,9-11H2,1-4H3. The third kappa shape index (κ3) is 4.45. The van der Waals surface area contributed by atoms with E-state index in [4.69, 9.17) is 4.74 Å². The zero-order valence-corrected chi connectivity index (χ0v) is 11.6. The van der Waals surface area contributed by atoms with Gasteiger partial charge in [0.1, 0.15) is 0 Å². The van der Waals surface area contributed by atoms with E-state index in [1.165, 1.54) is 0 Å². The maximum Gasteiger partial charge on any atom is 0.228 e. The van der Waals surface area contributed by atoms with E-state index in [2.05, 4.69) is 4.98 Å². The molecule has 4 nitrogen and oxygen atoms in total. The van der Waals surface area contributed by atoms with Crippen molar-refractivity contribution < 1.29 is 9.53 Å². The first kappa shape index (κ1) is 14.6. The van der Waals surface area contributed by atoms with Gasteiger partial charge in [-0.3, -0.25) is 9.78 Å². The average molecular weight is 250 g/mol. The number of hydrogen-bond acceptors (Lipinski definition) is 3. The van der Waals surface area contributed by atoms with Crippen LogP contribution >= 0.6 is 0 Å². The van der Waals surface area contributed by atoms with E-state index < -0.39 is 0 Å². The molecule has 0 saturated heterocycles. The topological polar surface area (TPSA) is 42.4 Å². The predicted molar refractivity (Wildman–Crippen MR) is 71.0 cm³/mol. The fraction of sp³-hybridized carbons (Fsp3) is 0.571. The summed E-state index contributed by atoms with van der Waals surface area (Å²) in [6.07, 6.45) is 1.74. The quantitative estimate of drug-likeness (QED) is 0.803. The lowest BCUT2D eigenvalue weighted by Gasteiger charge is -2.29. The van der Waals surface area contributed by atoms with Crippen LogP contribution in [-0.4, -0.2) is 36.1 Å². The van der Waals surface area contributed by atoms with Crippen LogP contribution in [0.2, 0.25) is 0 Å². The molecule has 0 unspecified atom stereocenters. The van der Waals surface area contributed by atoms with Crippen LogP contribution in [0.3, 0.4) is 0 Å². The minimum atomic E-state index is -0.386. The Morgan fingerprint density at radius 3 is 2.61 bits per heavy atom. The molecule has 100 valence electrons. The Hall–Kier alpha value is -1.42. The molecule has 4 heteroatoms. The molecule has 1 amide bonds. The van der Waals surface area contributed by atoms with Crippen LogP contribution in [0.25, 0.3) is 0 Å². The molecular formula is C14H22N2O2. The van der Waals surface area contributed by atoms with Crippen molar-refractivity contribution in [1.82, 2.24) is 9.88 Å². The number of carbonyl (C=O) groups excluding carboxylic acids is 1. The summed E-state index contributed by atoms with van der Waals surface area (Å²) < 4.78 is 5.06. The van der Waals surface area contributed by atoms with Gasteiger partial charge in [-0.15, -0.1) is 0 Å². The number of ether oxygens (including phenoxy) is 1. The predicted octanol–water partition coefficient (Wildman–Crippen LogP) is 2.10. The number of amides is 1. The average Bonchev–Trinajstić information content (AvgIpc) is 2.33. The molecular weight excluding hydrogens is 228 g/mol. The lowest BCUT2D eigenvalue weighted by atomic mass is 9.94. The van der Waals surface area contributed by atoms with E-state index in [0.717, 1.165) is 5.69 Å². The number of nitrogens with zero attached hydrogens (tertiary/aromatic N) is 2. The first-order valence-corrected chi connectivity index (χ1v) is 6.13. The lowest BCUT2D eigenvalue weighted by Crippen LogP contribution is -2.41. The van der Waals surface area contributed by atoms with Gasteiger partial charge in [0.25, 0.3) is 0 Å². The summed E-state index contributed by atoms with van der Waals surface area (Å²) in [7, 11) is 1.64. The molecule has 1 heterocycles. The summed E-state index contributed by atoms with van der Waals surface area (Å²) in [4.78, 5) is 18.4. The van der Waals surface area contributed by atoms with Gasteiger partial charge in [0.05, 0.1) is 18.8 Å². The molecule has 18 heavy (non-hydrogen) atoms. The number of carbonyl (C=O) groups is 1. The van der Waals surface area contributed by atoms with Crippen LogP contribution in [0.4, 0.5) is 0 Å². The van der Waals surface area contributed by atoms with Gasteiger partial charge in [0.2, 0.25) is 5.91 Å². The summed E-state index contributed by atoms with van der Waals surface area (Å²) >= 11 is 0. The fourth-order valence-corrected chi connectivity index (χ4v) is 1.62. The Bertz CT molecular complexity index is 371. The van der Waals surface area contributed by atoms with E-state index in [0.29, 0.717) is 19.7 Å². The van der Waals surface area contributed by atoms with Gasteiger partial charge in [-0.2, -0.15) is 0 Å². The summed E-state index contributed by atoms with van der Waals surface area (Å²) in [5.74, 6) is 0.116. The van der Waals surface area contributed by atoms with E-state index >= 15 is 0 Å². The van der Waals surface area contributed by atoms with E-state index in [1.54, 1.807) is 18.2 Å². The number of aromatic nitrogens is 1. The van der Waals surface area contributed by atoms with Crippen molar-refractivity contribution in [2.45, 2.75) is 27.3 Å². The molecule has 0 saturated carbocycles. The Balaban J connectivity index is 2.76. The lowest BCUT2D eigenvalue weighted by molar-refractivity contribution is -0.140. The van der Waals surface area contributed by atoms with Crippen LogP contribution in [0.15, 0.2) is 24.4 Å². The molecule has 1 rings (SSSR count). The Kier molecular flexibility index (Phi) is 5.28. The van der Waals surface area contributed by atoms with Gasteiger partial charge in [0, 0.05) is 25.3 Å². The Morgan fingerprint density at radius 2 is 2.11 bits per heavy atom. The van der Waals surface area contributed by atoms with Crippen LogP contribution in [0.1, 0.15) is 26.5 Å². The first-order valence-electron chi connectivity index (χ1n) is 6.13. The van der Waals surface area contributed by atoms with Crippen LogP contribution in [0.5, 0.6) is 0 Å². The normalized spacial score (nSPS) is 11.3. The van der Waals surface area contributed by atoms with Gasteiger partial charge in [-0.05, 0) is 12.1 Å². The second-order valence-corrected chi connectivity index (χ2v) is 5.29. The molecule has 1 aromatic rings. The molecule has 0 bridgehead atoms. The Labute approximate surface area is 109 Å². The molecule has 0 aliphatic heterocycles. The fourth-order valence-electron chi connectivity index (χ4n) is 1.62. The van der Waals surface area contributed by atoms with Crippen LogP contribution in [-0.2, 0) is 16.1 Å². The highest BCUT2D eigenvalue weighted by atomic mass is 16.5. The SMILES string of the molecule is COCCN(Cc1ccccn1)C(=O)C(C)(C)C. The maximum atomic E-state index is 12.3. The highest BCUT2D eigenvalue weighted by molar-refractivity contribution is 5.81. The first-order chi connectivity index (χ1) is 8.45. The van der Waals surface area contributed by atoms with Gasteiger partial charge in [0.15, 0.2) is 0 Å². The zero-order chi connectivity index (χ0) is 13.6. The zero-order valence-electron chi connectivity index (χ0n) is 11.6. The maximum absolute atomic E-state index is 12.3. The van der Waals surface area contributed by atoms with Crippen molar-refractivity contribution in [1.29, 1.82) is 0 Å². The highest BCUT2D eigenvalue weighted by Gasteiger charge is 2.27. The van der Waals surface area contributed by atoms with Crippen molar-refractivity contribution in [2.24, 2.45) is 5.41 Å². The van der Waals surface area contributed by atoms with Gasteiger partial charge in [-0.25, -0.2) is 0 Å². The molecule has 0 N–H and O–H groups in total. The minimum Gasteiger partial charge on any atom is -0.383 e. The largest absolute Gasteiger partial charge is 0.383 e. The van der Waals surface area contributed by atoms with E-state index in [-0.39, 0.29) is 11.3 Å². The number of rotatable bonds is 5. The molecule has 0 aliphatic rings. The second-order valence-electron chi connectivity index (χ2n) is 5.29. The van der Waals surface area contributed by atoms with Gasteiger partial charge >= 0.3 is 0 Å². The van der Waals surface area contributed by atoms with Crippen LogP contribution < -0.4 is 0 Å². The monoisotopic (exact) mass is 250 g/mol. The van der Waals surface area contributed by atoms with Crippen molar-refractivity contribution in [3.05, 3.63) is 30.1 Å². The summed E-state index contributed by atoms with van der Waals surface area (Å²) in [5, 5.41) is 0. The third-order valence-electron chi connectivity index (χ3n) is 2.57. The molecule has 0 aliphatic carbocycles. The van der Waals surface area contributed by atoms with Crippen molar-refractivity contribution in [3.63, 3.8) is 0 Å². The van der Waals surface area contributed by atoms with Crippen molar-refractivity contribution >= 4 is 5.91 Å². The third-order valence-corrected chi connectivity index (χ3v) is 2.57. The second kappa shape index (κ2) is 6.50. The van der Waals surface area contributed by atoms with E-state index in [9.17, 15) is 4.79 Å². The van der Waals surface area contributed by atoms with Crippen LogP contribution in [0, 0.1) is 5.41 Å². The molecule has 0 radical (unpaired) electrons. The van der Waals surface area contributed by atoms with Gasteiger partial charge in [-0.1, -0.05) is 26.8 Å². The molecule has 0 aromatic carbocycles. The number of methoxy groups -OCH3 is 1. The van der Waals surface area contributed by atoms with E-state index in [1.807, 2.05) is 39.0 Å². The smallest absolute Gasteiger partial charge is 0.228 e. The molecule has 1 aromatic heterocycles. The van der Waals surface area contributed by atoms with Gasteiger partial charge < -0.3 is 9.64 Å². The highest BCUT2D eigenvalue weighted by Crippen LogP contribution is 2.18. The van der Waals surface area contributed by atoms with Crippen molar-refractivity contribution in [2.75, 3.05) is 20.3 Å². The molecule has 0 atom stereocenters. The summed E-state index contributed by atoms with van der Waals surface area (Å²) in [6.45, 7) is 7.42. The number of hydrogen-bond donors (Lipinski definition) is 0. The van der Waals surface area contributed by atoms with Crippen molar-refractivity contribution in [3.8, 4) is 0 Å². The Morgan fingerprint density at radius 1 is 1.39 bits per heavy atom. The number of pyridine rings is 1. The summed E-state index contributed by atoms with van der Waals surface area (Å²) in [5.41, 5.74) is 0.508. The summed E-state index contributed by atoms with van der Waals surface area (Å²) in [6, 6.07) is 5.72.